The van der Waals surface area contributed by atoms with Gasteiger partial charge in [0.25, 0.3) is 5.91 Å². The minimum absolute atomic E-state index is 0.0137. The van der Waals surface area contributed by atoms with E-state index in [1.54, 1.807) is 7.11 Å². The minimum atomic E-state index is -0.232. The largest absolute Gasteiger partial charge is 0.399 e. The number of amides is 1. The van der Waals surface area contributed by atoms with Crippen LogP contribution in [0.3, 0.4) is 0 Å². The highest BCUT2D eigenvalue weighted by molar-refractivity contribution is 7.14. The number of carbonyl (C=O) groups excluding carboxylic acids is 1. The molecule has 1 aromatic heterocycles. The Morgan fingerprint density at radius 2 is 2.10 bits per heavy atom. The molecular formula is C14H17N3O3S. The van der Waals surface area contributed by atoms with Gasteiger partial charge in [-0.15, -0.1) is 11.3 Å². The van der Waals surface area contributed by atoms with Crippen LogP contribution in [-0.4, -0.2) is 37.8 Å². The molecule has 7 heteroatoms. The van der Waals surface area contributed by atoms with Crippen molar-refractivity contribution in [3.8, 4) is 11.3 Å². The molecule has 0 aliphatic rings. The number of nitrogens with one attached hydrogen (secondary N) is 1. The third-order valence-corrected chi connectivity index (χ3v) is 3.38. The second-order valence-electron chi connectivity index (χ2n) is 4.25. The van der Waals surface area contributed by atoms with Crippen LogP contribution in [0.2, 0.25) is 0 Å². The van der Waals surface area contributed by atoms with Gasteiger partial charge in [0, 0.05) is 23.7 Å². The number of nitrogens with zero attached hydrogens (tertiary/aromatic N) is 1. The summed E-state index contributed by atoms with van der Waals surface area (Å²) in [6, 6.07) is 7.42. The first-order valence-corrected chi connectivity index (χ1v) is 7.25. The topological polar surface area (TPSA) is 86.5 Å². The molecule has 21 heavy (non-hydrogen) atoms. The van der Waals surface area contributed by atoms with Gasteiger partial charge >= 0.3 is 0 Å². The lowest BCUT2D eigenvalue weighted by Gasteiger charge is -2.03. The van der Waals surface area contributed by atoms with E-state index in [4.69, 9.17) is 15.2 Å². The minimum Gasteiger partial charge on any atom is -0.399 e. The molecule has 6 nitrogen and oxygen atoms in total. The van der Waals surface area contributed by atoms with Gasteiger partial charge in [-0.1, -0.05) is 12.1 Å². The zero-order chi connectivity index (χ0) is 15.1. The summed E-state index contributed by atoms with van der Waals surface area (Å²) in [6.07, 6.45) is 0. The van der Waals surface area contributed by atoms with E-state index in [0.29, 0.717) is 24.0 Å². The first-order valence-electron chi connectivity index (χ1n) is 6.37. The molecule has 0 saturated carbocycles. The molecule has 0 radical (unpaired) electrons. The van der Waals surface area contributed by atoms with Crippen molar-refractivity contribution in [1.82, 2.24) is 4.98 Å². The predicted octanol–water partition coefficient (Wildman–Crippen LogP) is 1.99. The van der Waals surface area contributed by atoms with Crippen LogP contribution in [0.15, 0.2) is 29.6 Å². The Morgan fingerprint density at radius 1 is 1.33 bits per heavy atom. The van der Waals surface area contributed by atoms with Crippen molar-refractivity contribution in [2.75, 3.05) is 38.0 Å². The van der Waals surface area contributed by atoms with E-state index < -0.39 is 0 Å². The maximum atomic E-state index is 11.6. The van der Waals surface area contributed by atoms with Gasteiger partial charge in [-0.25, -0.2) is 4.98 Å². The van der Waals surface area contributed by atoms with Gasteiger partial charge in [-0.05, 0) is 12.1 Å². The number of nitrogens with two attached hydrogens (primary N) is 1. The fourth-order valence-corrected chi connectivity index (χ4v) is 2.32. The molecule has 1 amide bonds. The van der Waals surface area contributed by atoms with Crippen LogP contribution in [0.4, 0.5) is 10.8 Å². The number of hydrogen-bond acceptors (Lipinski definition) is 6. The van der Waals surface area contributed by atoms with Crippen LogP contribution in [0.1, 0.15) is 0 Å². The zero-order valence-electron chi connectivity index (χ0n) is 11.7. The predicted molar refractivity (Wildman–Crippen MR) is 83.3 cm³/mol. The highest BCUT2D eigenvalue weighted by Gasteiger charge is 2.08. The highest BCUT2D eigenvalue weighted by Crippen LogP contribution is 2.25. The Kier molecular flexibility index (Phi) is 5.68. The van der Waals surface area contributed by atoms with Crippen molar-refractivity contribution in [1.29, 1.82) is 0 Å². The van der Waals surface area contributed by atoms with E-state index in [-0.39, 0.29) is 12.5 Å². The SMILES string of the molecule is COCCOCC(=O)Nc1nc(-c2ccc(N)cc2)cs1. The zero-order valence-corrected chi connectivity index (χ0v) is 12.5. The van der Waals surface area contributed by atoms with Gasteiger partial charge in [-0.2, -0.15) is 0 Å². The summed E-state index contributed by atoms with van der Waals surface area (Å²) in [5.41, 5.74) is 8.11. The van der Waals surface area contributed by atoms with Gasteiger partial charge in [0.15, 0.2) is 5.13 Å². The Hall–Kier alpha value is -1.96. The van der Waals surface area contributed by atoms with Crippen molar-refractivity contribution >= 4 is 28.1 Å². The third-order valence-electron chi connectivity index (χ3n) is 2.62. The highest BCUT2D eigenvalue weighted by atomic mass is 32.1. The summed E-state index contributed by atoms with van der Waals surface area (Å²) in [5.74, 6) is -0.232. The van der Waals surface area contributed by atoms with Crippen LogP contribution in [-0.2, 0) is 14.3 Å². The van der Waals surface area contributed by atoms with Crippen molar-refractivity contribution in [3.63, 3.8) is 0 Å². The van der Waals surface area contributed by atoms with E-state index in [9.17, 15) is 4.79 Å². The monoisotopic (exact) mass is 307 g/mol. The number of hydrogen-bond donors (Lipinski definition) is 2. The summed E-state index contributed by atoms with van der Waals surface area (Å²) in [6.45, 7) is 0.838. The van der Waals surface area contributed by atoms with Gasteiger partial charge in [0.05, 0.1) is 18.9 Å². The van der Waals surface area contributed by atoms with E-state index >= 15 is 0 Å². The normalized spacial score (nSPS) is 10.5. The van der Waals surface area contributed by atoms with Gasteiger partial charge in [-0.3, -0.25) is 10.1 Å². The fraction of sp³-hybridized carbons (Fsp3) is 0.286. The summed E-state index contributed by atoms with van der Waals surface area (Å²) in [4.78, 5) is 16.0. The molecule has 0 aliphatic carbocycles. The smallest absolute Gasteiger partial charge is 0.252 e. The first kappa shape index (κ1) is 15.4. The van der Waals surface area contributed by atoms with E-state index in [1.165, 1.54) is 11.3 Å². The maximum Gasteiger partial charge on any atom is 0.252 e. The average molecular weight is 307 g/mol. The van der Waals surface area contributed by atoms with Crippen LogP contribution in [0, 0.1) is 0 Å². The fourth-order valence-electron chi connectivity index (χ4n) is 1.58. The Balaban J connectivity index is 1.88. The molecule has 0 unspecified atom stereocenters. The Bertz CT molecular complexity index is 583. The van der Waals surface area contributed by atoms with Crippen molar-refractivity contribution in [3.05, 3.63) is 29.6 Å². The molecule has 0 spiro atoms. The third kappa shape index (κ3) is 4.82. The number of ether oxygens (including phenoxy) is 2. The lowest BCUT2D eigenvalue weighted by molar-refractivity contribution is -0.121. The standard InChI is InChI=1S/C14H17N3O3S/c1-19-6-7-20-8-13(18)17-14-16-12(9-21-14)10-2-4-11(15)5-3-10/h2-5,9H,6-8,15H2,1H3,(H,16,17,18). The number of benzene rings is 1. The van der Waals surface area contributed by atoms with E-state index in [2.05, 4.69) is 10.3 Å². The molecule has 0 bridgehead atoms. The Morgan fingerprint density at radius 3 is 2.81 bits per heavy atom. The second-order valence-corrected chi connectivity index (χ2v) is 5.11. The van der Waals surface area contributed by atoms with Crippen LogP contribution in [0.5, 0.6) is 0 Å². The number of thiazole rings is 1. The van der Waals surface area contributed by atoms with Crippen molar-refractivity contribution in [2.24, 2.45) is 0 Å². The summed E-state index contributed by atoms with van der Waals surface area (Å²) in [7, 11) is 1.58. The summed E-state index contributed by atoms with van der Waals surface area (Å²) >= 11 is 1.37. The number of anilines is 2. The average Bonchev–Trinajstić information content (AvgIpc) is 2.93. The van der Waals surface area contributed by atoms with Crippen molar-refractivity contribution in [2.45, 2.75) is 0 Å². The molecular weight excluding hydrogens is 290 g/mol. The van der Waals surface area contributed by atoms with Gasteiger partial charge in [0.2, 0.25) is 0 Å². The summed E-state index contributed by atoms with van der Waals surface area (Å²) in [5, 5.41) is 5.12. The number of aromatic nitrogens is 1. The molecule has 1 aromatic carbocycles. The lowest BCUT2D eigenvalue weighted by atomic mass is 10.1. The molecule has 2 rings (SSSR count). The van der Waals surface area contributed by atoms with Crippen molar-refractivity contribution < 1.29 is 14.3 Å². The number of carbonyl (C=O) groups is 1. The van der Waals surface area contributed by atoms with Crippen LogP contribution >= 0.6 is 11.3 Å². The van der Waals surface area contributed by atoms with Gasteiger partial charge < -0.3 is 15.2 Å². The molecule has 3 N–H and O–H groups in total. The molecule has 112 valence electrons. The molecule has 0 saturated heterocycles. The number of nitrogen functional groups attached to an aromatic ring is 1. The number of methoxy groups -OCH3 is 1. The molecule has 0 atom stereocenters. The molecule has 1 heterocycles. The van der Waals surface area contributed by atoms with E-state index in [1.807, 2.05) is 29.6 Å². The quantitative estimate of drug-likeness (QED) is 0.603. The van der Waals surface area contributed by atoms with E-state index in [0.717, 1.165) is 11.3 Å². The summed E-state index contributed by atoms with van der Waals surface area (Å²) < 4.78 is 9.97. The lowest BCUT2D eigenvalue weighted by Crippen LogP contribution is -2.19. The Labute approximate surface area is 126 Å². The number of rotatable bonds is 7. The molecule has 0 aliphatic heterocycles. The van der Waals surface area contributed by atoms with Crippen LogP contribution < -0.4 is 11.1 Å². The first-order chi connectivity index (χ1) is 10.2. The molecule has 0 fully saturated rings. The van der Waals surface area contributed by atoms with Crippen LogP contribution in [0.25, 0.3) is 11.3 Å². The maximum absolute atomic E-state index is 11.6. The molecule has 2 aromatic rings. The second kappa shape index (κ2) is 7.72. The van der Waals surface area contributed by atoms with Gasteiger partial charge in [0.1, 0.15) is 6.61 Å².